The molecule has 0 radical (unpaired) electrons. The van der Waals surface area contributed by atoms with E-state index in [1.54, 1.807) is 6.07 Å². The van der Waals surface area contributed by atoms with Crippen LogP contribution in [0, 0.1) is 0 Å². The van der Waals surface area contributed by atoms with Crippen LogP contribution in [0.4, 0.5) is 0 Å². The van der Waals surface area contributed by atoms with Crippen LogP contribution in [0.1, 0.15) is 10.5 Å². The van der Waals surface area contributed by atoms with Crippen LogP contribution in [-0.4, -0.2) is 39.9 Å². The summed E-state index contributed by atoms with van der Waals surface area (Å²) in [5, 5.41) is 25.1. The SMILES string of the molecule is O=C(N[C@@H](CO)C(=O)O)c1cc(-c2cccs2)on1. The molecule has 0 aliphatic rings. The second kappa shape index (κ2) is 5.63. The molecule has 0 fully saturated rings. The number of carbonyl (C=O) groups excluding carboxylic acids is 1. The molecule has 1 atom stereocenters. The Labute approximate surface area is 111 Å². The zero-order valence-electron chi connectivity index (χ0n) is 9.57. The molecule has 0 aliphatic heterocycles. The van der Waals surface area contributed by atoms with Crippen molar-refractivity contribution in [3.8, 4) is 10.6 Å². The molecule has 8 heteroatoms. The highest BCUT2D eigenvalue weighted by atomic mass is 32.1. The van der Waals surface area contributed by atoms with Crippen LogP contribution < -0.4 is 5.32 Å². The lowest BCUT2D eigenvalue weighted by Gasteiger charge is -2.09. The second-order valence-electron chi connectivity index (χ2n) is 3.60. The first-order valence-electron chi connectivity index (χ1n) is 5.27. The number of hydrogen-bond acceptors (Lipinski definition) is 6. The van der Waals surface area contributed by atoms with Crippen LogP contribution in [0.2, 0.25) is 0 Å². The fourth-order valence-electron chi connectivity index (χ4n) is 1.33. The lowest BCUT2D eigenvalue weighted by atomic mass is 10.2. The van der Waals surface area contributed by atoms with Crippen LogP contribution in [0.25, 0.3) is 10.6 Å². The summed E-state index contributed by atoms with van der Waals surface area (Å²) in [7, 11) is 0. The molecule has 0 unspecified atom stereocenters. The minimum absolute atomic E-state index is 0.0388. The van der Waals surface area contributed by atoms with E-state index in [2.05, 4.69) is 10.5 Å². The molecule has 0 spiro atoms. The summed E-state index contributed by atoms with van der Waals surface area (Å²) in [4.78, 5) is 23.2. The van der Waals surface area contributed by atoms with Gasteiger partial charge in [0.05, 0.1) is 11.5 Å². The Bertz CT molecular complexity index is 578. The van der Waals surface area contributed by atoms with Crippen molar-refractivity contribution in [2.24, 2.45) is 0 Å². The van der Waals surface area contributed by atoms with Gasteiger partial charge in [0.2, 0.25) is 0 Å². The molecule has 7 nitrogen and oxygen atoms in total. The van der Waals surface area contributed by atoms with Gasteiger partial charge in [0, 0.05) is 6.07 Å². The maximum atomic E-state index is 11.7. The first kappa shape index (κ1) is 13.2. The number of carboxylic acids is 1. The van der Waals surface area contributed by atoms with Gasteiger partial charge < -0.3 is 20.1 Å². The van der Waals surface area contributed by atoms with Crippen molar-refractivity contribution >= 4 is 23.2 Å². The molecule has 1 amide bonds. The van der Waals surface area contributed by atoms with Crippen LogP contribution in [0.5, 0.6) is 0 Å². The van der Waals surface area contributed by atoms with Crippen molar-refractivity contribution in [3.05, 3.63) is 29.3 Å². The number of thiophene rings is 1. The van der Waals surface area contributed by atoms with Gasteiger partial charge in [-0.2, -0.15) is 0 Å². The van der Waals surface area contributed by atoms with Gasteiger partial charge >= 0.3 is 5.97 Å². The average Bonchev–Trinajstić information content (AvgIpc) is 3.04. The van der Waals surface area contributed by atoms with Gasteiger partial charge in [-0.25, -0.2) is 4.79 Å². The van der Waals surface area contributed by atoms with Crippen molar-refractivity contribution < 1.29 is 24.3 Å². The zero-order valence-corrected chi connectivity index (χ0v) is 10.4. The van der Waals surface area contributed by atoms with Crippen molar-refractivity contribution in [1.82, 2.24) is 10.5 Å². The third-order valence-electron chi connectivity index (χ3n) is 2.29. The van der Waals surface area contributed by atoms with Crippen molar-refractivity contribution in [2.75, 3.05) is 6.61 Å². The number of aromatic nitrogens is 1. The van der Waals surface area contributed by atoms with Gasteiger partial charge in [-0.3, -0.25) is 4.79 Å². The molecule has 0 aromatic carbocycles. The highest BCUT2D eigenvalue weighted by Crippen LogP contribution is 2.24. The summed E-state index contributed by atoms with van der Waals surface area (Å²) >= 11 is 1.42. The Morgan fingerprint density at radius 3 is 2.89 bits per heavy atom. The molecular formula is C11H10N2O5S. The van der Waals surface area contributed by atoms with Crippen LogP contribution in [0.15, 0.2) is 28.1 Å². The second-order valence-corrected chi connectivity index (χ2v) is 4.55. The molecule has 0 saturated heterocycles. The third-order valence-corrected chi connectivity index (χ3v) is 3.18. The van der Waals surface area contributed by atoms with Gasteiger partial charge in [0.15, 0.2) is 17.5 Å². The van der Waals surface area contributed by atoms with E-state index in [9.17, 15) is 9.59 Å². The summed E-state index contributed by atoms with van der Waals surface area (Å²) < 4.78 is 5.00. The van der Waals surface area contributed by atoms with Crippen LogP contribution in [0.3, 0.4) is 0 Å². The van der Waals surface area contributed by atoms with Crippen molar-refractivity contribution in [1.29, 1.82) is 0 Å². The molecular weight excluding hydrogens is 272 g/mol. The number of amides is 1. The standard InChI is InChI=1S/C11H10N2O5S/c14-5-7(11(16)17)12-10(15)6-4-8(18-13-6)9-2-1-3-19-9/h1-4,7,14H,5H2,(H,12,15)(H,16,17)/t7-/m0/s1. The summed E-state index contributed by atoms with van der Waals surface area (Å²) in [6.45, 7) is -0.698. The third kappa shape index (κ3) is 2.98. The Hall–Kier alpha value is -2.19. The average molecular weight is 282 g/mol. The van der Waals surface area contributed by atoms with Gasteiger partial charge in [-0.1, -0.05) is 11.2 Å². The van der Waals surface area contributed by atoms with Gasteiger partial charge in [0.1, 0.15) is 0 Å². The largest absolute Gasteiger partial charge is 0.480 e. The molecule has 3 N–H and O–H groups in total. The van der Waals surface area contributed by atoms with Crippen molar-refractivity contribution in [3.63, 3.8) is 0 Å². The summed E-state index contributed by atoms with van der Waals surface area (Å²) in [5.74, 6) is -1.61. The van der Waals surface area contributed by atoms with E-state index in [4.69, 9.17) is 14.7 Å². The van der Waals surface area contributed by atoms with Crippen LogP contribution >= 0.6 is 11.3 Å². The van der Waals surface area contributed by atoms with Crippen molar-refractivity contribution in [2.45, 2.75) is 6.04 Å². The van der Waals surface area contributed by atoms with E-state index in [1.165, 1.54) is 17.4 Å². The number of nitrogens with one attached hydrogen (secondary N) is 1. The molecule has 2 rings (SSSR count). The minimum Gasteiger partial charge on any atom is -0.480 e. The monoisotopic (exact) mass is 282 g/mol. The van der Waals surface area contributed by atoms with E-state index in [-0.39, 0.29) is 5.69 Å². The van der Waals surface area contributed by atoms with E-state index in [0.29, 0.717) is 5.76 Å². The maximum absolute atomic E-state index is 11.7. The first-order chi connectivity index (χ1) is 9.11. The molecule has 2 heterocycles. The van der Waals surface area contributed by atoms with E-state index in [1.807, 2.05) is 11.4 Å². The Morgan fingerprint density at radius 2 is 2.32 bits per heavy atom. The maximum Gasteiger partial charge on any atom is 0.328 e. The number of aliphatic hydroxyl groups excluding tert-OH is 1. The number of carbonyl (C=O) groups is 2. The minimum atomic E-state index is -1.37. The van der Waals surface area contributed by atoms with Gasteiger partial charge in [-0.15, -0.1) is 11.3 Å². The number of nitrogens with zero attached hydrogens (tertiary/aromatic N) is 1. The quantitative estimate of drug-likeness (QED) is 0.739. The fraction of sp³-hybridized carbons (Fsp3) is 0.182. The van der Waals surface area contributed by atoms with Gasteiger partial charge in [-0.05, 0) is 11.4 Å². The molecule has 0 aliphatic carbocycles. The first-order valence-corrected chi connectivity index (χ1v) is 6.15. The Balaban J connectivity index is 2.10. The highest BCUT2D eigenvalue weighted by Gasteiger charge is 2.22. The Kier molecular flexibility index (Phi) is 3.93. The molecule has 2 aromatic rings. The molecule has 2 aromatic heterocycles. The van der Waals surface area contributed by atoms with Gasteiger partial charge in [0.25, 0.3) is 5.91 Å². The number of carboxylic acid groups (broad SMARTS) is 1. The topological polar surface area (TPSA) is 113 Å². The van der Waals surface area contributed by atoms with E-state index in [0.717, 1.165) is 4.88 Å². The van der Waals surface area contributed by atoms with E-state index >= 15 is 0 Å². The molecule has 0 bridgehead atoms. The lowest BCUT2D eigenvalue weighted by molar-refractivity contribution is -0.140. The fourth-order valence-corrected chi connectivity index (χ4v) is 2.01. The number of rotatable bonds is 5. The normalized spacial score (nSPS) is 12.1. The highest BCUT2D eigenvalue weighted by molar-refractivity contribution is 7.13. The number of hydrogen-bond donors (Lipinski definition) is 3. The molecule has 100 valence electrons. The molecule has 0 saturated carbocycles. The number of aliphatic hydroxyl groups is 1. The summed E-state index contributed by atoms with van der Waals surface area (Å²) in [6.07, 6.45) is 0. The zero-order chi connectivity index (χ0) is 13.8. The summed E-state index contributed by atoms with van der Waals surface area (Å²) in [6, 6.07) is 3.68. The molecule has 19 heavy (non-hydrogen) atoms. The van der Waals surface area contributed by atoms with E-state index < -0.39 is 24.5 Å². The predicted molar refractivity (Wildman–Crippen MR) is 65.8 cm³/mol. The smallest absolute Gasteiger partial charge is 0.328 e. The lowest BCUT2D eigenvalue weighted by Crippen LogP contribution is -2.43. The predicted octanol–water partition coefficient (Wildman–Crippen LogP) is 0.578. The Morgan fingerprint density at radius 1 is 1.53 bits per heavy atom. The number of aliphatic carboxylic acids is 1. The summed E-state index contributed by atoms with van der Waals surface area (Å²) in [5.41, 5.74) is -0.0388. The van der Waals surface area contributed by atoms with Crippen LogP contribution in [-0.2, 0) is 4.79 Å².